The third kappa shape index (κ3) is 22.6. The van der Waals surface area contributed by atoms with Crippen LogP contribution in [0.2, 0.25) is 0 Å². The standard InChI is InChI=1S/C74H104N10O13/c1-45(80-67(89)57-33-17-28-52(57)40-77-65(87)47(3)82-73(95)97-74(4,5)6)63(85)75-39-51-27-16-32-56(51)66(88)81-46(2)64(86)76-41-53-29-18-34-58(53)68(90)83-61(37-48-21-10-7-11-22-48)70(92)78-42-54-30-19-35-59(54)69(91)84-62(38-49-23-12-8-13-24-49)71(93)79-43-55-31-20-36-60(55)72(94)96-44-50-25-14-9-15-26-50/h7-15,21-26,45-47,51-62H,16-20,27-44H2,1-6H3,(H,75,85)(H,76,86)(H,77,87)(H,78,92)(H,79,93)(H,80,89)(H,81,88)(H,82,95)(H,83,90)(H,84,91)/t45-,46-,47-,51+,52+,53+,54+,55+,56-,57-,58-,59-,60-,61-,62-/m1/s1. The Labute approximate surface area is 570 Å². The van der Waals surface area contributed by atoms with E-state index in [4.69, 9.17) is 9.47 Å². The summed E-state index contributed by atoms with van der Waals surface area (Å²) in [6.45, 7) is 11.2. The molecule has 0 bridgehead atoms. The number of amides is 10. The number of carbonyl (C=O) groups excluding carboxylic acids is 11. The van der Waals surface area contributed by atoms with Crippen LogP contribution in [0.25, 0.3) is 0 Å². The average molecular weight is 1340 g/mol. The molecule has 0 aliphatic heterocycles. The highest BCUT2D eigenvalue weighted by Gasteiger charge is 2.41. The van der Waals surface area contributed by atoms with Crippen molar-refractivity contribution < 1.29 is 62.2 Å². The van der Waals surface area contributed by atoms with Gasteiger partial charge in [0.1, 0.15) is 42.4 Å². The second-order valence-corrected chi connectivity index (χ2v) is 28.6. The summed E-state index contributed by atoms with van der Waals surface area (Å²) in [5.74, 6) is -6.56. The summed E-state index contributed by atoms with van der Waals surface area (Å²) >= 11 is 0. The van der Waals surface area contributed by atoms with Crippen LogP contribution in [0, 0.1) is 59.2 Å². The fourth-order valence-corrected chi connectivity index (χ4v) is 14.8. The molecule has 3 aromatic rings. The number of hydrogen-bond acceptors (Lipinski definition) is 13. The number of nitrogens with one attached hydrogen (secondary N) is 10. The van der Waals surface area contributed by atoms with Crippen LogP contribution < -0.4 is 53.2 Å². The van der Waals surface area contributed by atoms with Crippen LogP contribution >= 0.6 is 0 Å². The first kappa shape index (κ1) is 74.4. The summed E-state index contributed by atoms with van der Waals surface area (Å²) in [7, 11) is 0. The normalized spacial score (nSPS) is 24.4. The van der Waals surface area contributed by atoms with E-state index in [1.54, 1.807) is 41.5 Å². The summed E-state index contributed by atoms with van der Waals surface area (Å²) in [4.78, 5) is 149. The molecule has 5 aliphatic rings. The van der Waals surface area contributed by atoms with Crippen molar-refractivity contribution in [2.75, 3.05) is 32.7 Å². The number of hydrogen-bond donors (Lipinski definition) is 10. The van der Waals surface area contributed by atoms with E-state index in [9.17, 15) is 52.7 Å². The molecule has 8 rings (SSSR count). The number of carbonyl (C=O) groups is 11. The van der Waals surface area contributed by atoms with Gasteiger partial charge >= 0.3 is 12.1 Å². The molecule has 10 N–H and O–H groups in total. The van der Waals surface area contributed by atoms with E-state index in [0.29, 0.717) is 57.8 Å². The molecule has 0 unspecified atom stereocenters. The lowest BCUT2D eigenvalue weighted by molar-refractivity contribution is -0.151. The van der Waals surface area contributed by atoms with Gasteiger partial charge in [-0.2, -0.15) is 0 Å². The molecular weight excluding hydrogens is 1240 g/mol. The van der Waals surface area contributed by atoms with Crippen LogP contribution in [0.5, 0.6) is 0 Å². The van der Waals surface area contributed by atoms with Crippen molar-refractivity contribution in [1.29, 1.82) is 0 Å². The molecule has 10 amide bonds. The van der Waals surface area contributed by atoms with E-state index in [1.807, 2.05) is 91.0 Å². The molecule has 0 spiro atoms. The predicted octanol–water partition coefficient (Wildman–Crippen LogP) is 5.77. The molecule has 23 heteroatoms. The van der Waals surface area contributed by atoms with Gasteiger partial charge in [0, 0.05) is 69.2 Å². The van der Waals surface area contributed by atoms with Gasteiger partial charge in [0.15, 0.2) is 0 Å². The lowest BCUT2D eigenvalue weighted by Crippen LogP contribution is -2.53. The fourth-order valence-electron chi connectivity index (χ4n) is 14.8. The maximum atomic E-state index is 14.3. The van der Waals surface area contributed by atoms with Crippen molar-refractivity contribution >= 4 is 65.2 Å². The summed E-state index contributed by atoms with van der Waals surface area (Å²) in [5, 5.41) is 29.2. The van der Waals surface area contributed by atoms with Crippen LogP contribution in [0.4, 0.5) is 4.79 Å². The lowest BCUT2D eigenvalue weighted by Gasteiger charge is -2.27. The minimum absolute atomic E-state index is 0.107. The van der Waals surface area contributed by atoms with Gasteiger partial charge in [0.2, 0.25) is 53.2 Å². The number of alkyl carbamates (subject to hydrolysis) is 1. The highest BCUT2D eigenvalue weighted by atomic mass is 16.6. The Morgan fingerprint density at radius 2 is 0.660 bits per heavy atom. The van der Waals surface area contributed by atoms with Crippen molar-refractivity contribution in [3.8, 4) is 0 Å². The van der Waals surface area contributed by atoms with E-state index in [2.05, 4.69) is 53.2 Å². The van der Waals surface area contributed by atoms with Gasteiger partial charge in [-0.3, -0.25) is 47.9 Å². The van der Waals surface area contributed by atoms with Gasteiger partial charge in [-0.05, 0) is 152 Å². The Bertz CT molecular complexity index is 3170. The van der Waals surface area contributed by atoms with Gasteiger partial charge < -0.3 is 62.6 Å². The summed E-state index contributed by atoms with van der Waals surface area (Å²) in [6.07, 6.45) is 10.1. The molecule has 3 aromatic carbocycles. The molecule has 15 atom stereocenters. The molecule has 528 valence electrons. The second kappa shape index (κ2) is 36.3. The molecule has 0 aromatic heterocycles. The Hall–Kier alpha value is -8.37. The summed E-state index contributed by atoms with van der Waals surface area (Å²) < 4.78 is 10.9. The fraction of sp³-hybridized carbons (Fsp3) is 0.608. The van der Waals surface area contributed by atoms with Crippen LogP contribution in [0.15, 0.2) is 91.0 Å². The minimum atomic E-state index is -0.951. The molecular formula is C74H104N10O13. The average Bonchev–Trinajstić information content (AvgIpc) is 1.91. The monoisotopic (exact) mass is 1340 g/mol. The van der Waals surface area contributed by atoms with Crippen molar-refractivity contribution in [3.05, 3.63) is 108 Å². The van der Waals surface area contributed by atoms with Crippen LogP contribution in [-0.2, 0) is 76.9 Å². The second-order valence-electron chi connectivity index (χ2n) is 28.6. The van der Waals surface area contributed by atoms with Crippen molar-refractivity contribution in [2.24, 2.45) is 59.2 Å². The quantitative estimate of drug-likeness (QED) is 0.0343. The first-order chi connectivity index (χ1) is 46.5. The van der Waals surface area contributed by atoms with Gasteiger partial charge in [-0.1, -0.05) is 123 Å². The number of benzene rings is 3. The number of ether oxygens (including phenoxy) is 2. The molecule has 23 nitrogen and oxygen atoms in total. The molecule has 0 radical (unpaired) electrons. The Morgan fingerprint density at radius 1 is 0.371 bits per heavy atom. The van der Waals surface area contributed by atoms with Crippen molar-refractivity contribution in [3.63, 3.8) is 0 Å². The Balaban J connectivity index is 0.774. The zero-order valence-electron chi connectivity index (χ0n) is 57.4. The van der Waals surface area contributed by atoms with Crippen molar-refractivity contribution in [2.45, 2.75) is 193 Å². The van der Waals surface area contributed by atoms with E-state index < -0.39 is 89.2 Å². The molecule has 97 heavy (non-hydrogen) atoms. The van der Waals surface area contributed by atoms with Gasteiger partial charge in [0.05, 0.1) is 5.92 Å². The summed E-state index contributed by atoms with van der Waals surface area (Å²) in [5.41, 5.74) is 1.89. The van der Waals surface area contributed by atoms with E-state index in [0.717, 1.165) is 55.2 Å². The number of rotatable bonds is 31. The molecule has 5 fully saturated rings. The molecule has 5 saturated carbocycles. The van der Waals surface area contributed by atoms with Gasteiger partial charge in [-0.25, -0.2) is 4.79 Å². The number of esters is 1. The van der Waals surface area contributed by atoms with Gasteiger partial charge in [-0.15, -0.1) is 0 Å². The lowest BCUT2D eigenvalue weighted by atomic mass is 9.93. The highest BCUT2D eigenvalue weighted by Crippen LogP contribution is 2.36. The van der Waals surface area contributed by atoms with Crippen LogP contribution in [-0.4, -0.2) is 134 Å². The predicted molar refractivity (Wildman–Crippen MR) is 364 cm³/mol. The Kier molecular flexibility index (Phi) is 27.8. The third-order valence-electron chi connectivity index (χ3n) is 20.3. The molecule has 5 aliphatic carbocycles. The van der Waals surface area contributed by atoms with Crippen molar-refractivity contribution in [1.82, 2.24) is 53.2 Å². The largest absolute Gasteiger partial charge is 0.461 e. The van der Waals surface area contributed by atoms with Gasteiger partial charge in [0.25, 0.3) is 0 Å². The van der Waals surface area contributed by atoms with E-state index >= 15 is 0 Å². The first-order valence-electron chi connectivity index (χ1n) is 35.4. The maximum Gasteiger partial charge on any atom is 0.408 e. The minimum Gasteiger partial charge on any atom is -0.461 e. The topological polar surface area (TPSA) is 327 Å². The zero-order chi connectivity index (χ0) is 69.6. The highest BCUT2D eigenvalue weighted by molar-refractivity contribution is 5.92. The maximum absolute atomic E-state index is 14.3. The zero-order valence-corrected chi connectivity index (χ0v) is 57.4. The van der Waals surface area contributed by atoms with E-state index in [-0.39, 0.29) is 123 Å². The third-order valence-corrected chi connectivity index (χ3v) is 20.3. The van der Waals surface area contributed by atoms with Crippen LogP contribution in [0.3, 0.4) is 0 Å². The summed E-state index contributed by atoms with van der Waals surface area (Å²) in [6, 6.07) is 23.9. The SMILES string of the molecule is C[C@@H](NC(=O)OC(C)(C)C)C(=O)NC[C@@H]1CCC[C@H]1C(=O)N[C@H](C)C(=O)NC[C@@H]1CCC[C@H]1C(=O)N[C@H](C)C(=O)NC[C@@H]1CCC[C@H]1C(=O)N[C@H](Cc1ccccc1)C(=O)NC[C@@H]1CCC[C@H]1C(=O)N[C@H](Cc1ccccc1)C(=O)NC[C@@H]1CCC[C@H]1C(=O)OCc1ccccc1. The van der Waals surface area contributed by atoms with Crippen LogP contribution in [0.1, 0.15) is 155 Å². The first-order valence-corrected chi connectivity index (χ1v) is 35.4. The molecule has 0 heterocycles. The van der Waals surface area contributed by atoms with E-state index in [1.165, 1.54) is 0 Å². The molecule has 0 saturated heterocycles. The smallest absolute Gasteiger partial charge is 0.408 e. The Morgan fingerprint density at radius 3 is 1.00 bits per heavy atom.